The number of benzene rings is 2. The molecule has 42 heavy (non-hydrogen) atoms. The van der Waals surface area contributed by atoms with Crippen molar-refractivity contribution in [1.29, 1.82) is 0 Å². The molecule has 0 N–H and O–H groups in total. The first-order chi connectivity index (χ1) is 20.2. The molecule has 0 aliphatic carbocycles. The number of nitrogens with zero attached hydrogens (tertiary/aromatic N) is 2. The quantitative estimate of drug-likeness (QED) is 0.168. The molecule has 2 aromatic heterocycles. The second kappa shape index (κ2) is 12.5. The summed E-state index contributed by atoms with van der Waals surface area (Å²) in [5.41, 5.74) is 2.67. The van der Waals surface area contributed by atoms with E-state index in [1.54, 1.807) is 44.4 Å². The number of esters is 1. The summed E-state index contributed by atoms with van der Waals surface area (Å²) in [5, 5.41) is 0. The molecule has 1 aliphatic heterocycles. The number of furan rings is 1. The average Bonchev–Trinajstić information content (AvgIpc) is 3.57. The lowest BCUT2D eigenvalue weighted by molar-refractivity contribution is -0.139. The summed E-state index contributed by atoms with van der Waals surface area (Å²) < 4.78 is 19.9. The maximum absolute atomic E-state index is 14.0. The number of halogens is 1. The number of hydrogen-bond acceptors (Lipinski definition) is 8. The number of aromatic nitrogens is 1. The third-order valence-electron chi connectivity index (χ3n) is 6.85. The number of rotatable bonds is 9. The van der Waals surface area contributed by atoms with Gasteiger partial charge in [-0.3, -0.25) is 14.2 Å². The van der Waals surface area contributed by atoms with Crippen molar-refractivity contribution in [2.75, 3.05) is 13.7 Å². The number of allylic oxidation sites excluding steroid dienone is 1. The summed E-state index contributed by atoms with van der Waals surface area (Å²) in [4.78, 5) is 44.4. The Kier molecular flexibility index (Phi) is 8.74. The minimum atomic E-state index is -0.802. The predicted molar refractivity (Wildman–Crippen MR) is 164 cm³/mol. The molecule has 0 radical (unpaired) electrons. The van der Waals surface area contributed by atoms with E-state index in [4.69, 9.17) is 18.9 Å². The van der Waals surface area contributed by atoms with Crippen molar-refractivity contribution in [2.24, 2.45) is 4.99 Å². The molecule has 1 aliphatic rings. The van der Waals surface area contributed by atoms with Gasteiger partial charge in [-0.05, 0) is 50.6 Å². The maximum Gasteiger partial charge on any atom is 0.338 e. The van der Waals surface area contributed by atoms with Crippen LogP contribution in [-0.4, -0.2) is 30.0 Å². The van der Waals surface area contributed by atoms with Crippen LogP contribution in [0.5, 0.6) is 5.75 Å². The van der Waals surface area contributed by atoms with E-state index in [0.29, 0.717) is 55.4 Å². The zero-order valence-electron chi connectivity index (χ0n) is 23.6. The number of hydrogen-bond donors (Lipinski definition) is 0. The highest BCUT2D eigenvalue weighted by atomic mass is 79.9. The molecule has 0 unspecified atom stereocenters. The van der Waals surface area contributed by atoms with Gasteiger partial charge in [0.25, 0.3) is 5.56 Å². The second-order valence-corrected chi connectivity index (χ2v) is 11.6. The summed E-state index contributed by atoms with van der Waals surface area (Å²) >= 11 is 4.77. The SMILES string of the molecule is CCCC1=C(C(=O)OCC)[C@H](c2cc(Br)ccc2OC)n2c(s/c(=C/c3ccc(-c4ccc(C(C)=O)cc4)o3)c2=O)=N1. The molecule has 3 heterocycles. The predicted octanol–water partition coefficient (Wildman–Crippen LogP) is 5.81. The van der Waals surface area contributed by atoms with E-state index >= 15 is 0 Å². The molecule has 10 heteroatoms. The Morgan fingerprint density at radius 1 is 1.12 bits per heavy atom. The Hall–Kier alpha value is -4.02. The Morgan fingerprint density at radius 2 is 1.88 bits per heavy atom. The first-order valence-corrected chi connectivity index (χ1v) is 15.1. The highest BCUT2D eigenvalue weighted by Crippen LogP contribution is 2.38. The van der Waals surface area contributed by atoms with Gasteiger partial charge in [0.2, 0.25) is 0 Å². The molecule has 5 rings (SSSR count). The molecule has 0 spiro atoms. The standard InChI is InChI=1S/C32H29BrN2O6S/c1-5-7-24-28(31(38)40-6-2)29(23-16-21(33)12-14-26(23)39-4)35-30(37)27(42-32(35)34-24)17-22-13-15-25(41-22)20-10-8-19(9-11-20)18(3)36/h8-17,29H,5-7H2,1-4H3/b27-17+/t29-/m0/s1. The largest absolute Gasteiger partial charge is 0.496 e. The number of Topliss-reactive ketones (excluding diaryl/α,β-unsaturated/α-hetero) is 1. The number of ketones is 1. The normalized spacial score (nSPS) is 14.9. The van der Waals surface area contributed by atoms with Gasteiger partial charge in [0.15, 0.2) is 10.6 Å². The van der Waals surface area contributed by atoms with Crippen molar-refractivity contribution in [1.82, 2.24) is 4.57 Å². The summed E-state index contributed by atoms with van der Waals surface area (Å²) in [6.07, 6.45) is 2.97. The zero-order valence-corrected chi connectivity index (χ0v) is 26.0. The zero-order chi connectivity index (χ0) is 30.0. The van der Waals surface area contributed by atoms with E-state index in [2.05, 4.69) is 15.9 Å². The van der Waals surface area contributed by atoms with Crippen molar-refractivity contribution >= 4 is 45.1 Å². The van der Waals surface area contributed by atoms with Crippen LogP contribution >= 0.6 is 27.3 Å². The van der Waals surface area contributed by atoms with Crippen LogP contribution in [0.1, 0.15) is 61.3 Å². The highest BCUT2D eigenvalue weighted by molar-refractivity contribution is 9.10. The van der Waals surface area contributed by atoms with Gasteiger partial charge in [0.05, 0.1) is 29.5 Å². The molecule has 0 fully saturated rings. The minimum Gasteiger partial charge on any atom is -0.496 e. The molecule has 2 aromatic carbocycles. The van der Waals surface area contributed by atoms with Crippen LogP contribution in [0.25, 0.3) is 17.4 Å². The third kappa shape index (κ3) is 5.69. The maximum atomic E-state index is 14.0. The number of thiazole rings is 1. The van der Waals surface area contributed by atoms with Gasteiger partial charge in [0, 0.05) is 27.2 Å². The van der Waals surface area contributed by atoms with Crippen molar-refractivity contribution in [3.05, 3.63) is 107 Å². The molecule has 0 bridgehead atoms. The lowest BCUT2D eigenvalue weighted by Crippen LogP contribution is -2.40. The lowest BCUT2D eigenvalue weighted by Gasteiger charge is -2.27. The molecule has 0 saturated heterocycles. The van der Waals surface area contributed by atoms with Gasteiger partial charge in [-0.25, -0.2) is 9.79 Å². The first-order valence-electron chi connectivity index (χ1n) is 13.5. The van der Waals surface area contributed by atoms with E-state index < -0.39 is 12.0 Å². The Balaban J connectivity index is 1.67. The lowest BCUT2D eigenvalue weighted by atomic mass is 9.93. The van der Waals surface area contributed by atoms with Crippen LogP contribution < -0.4 is 19.6 Å². The molecular weight excluding hydrogens is 620 g/mol. The molecule has 0 amide bonds. The number of ether oxygens (including phenoxy) is 2. The van der Waals surface area contributed by atoms with Crippen LogP contribution in [-0.2, 0) is 9.53 Å². The molecule has 0 saturated carbocycles. The molecule has 4 aromatic rings. The Bertz CT molecular complexity index is 1880. The number of fused-ring (bicyclic) bond motifs is 1. The molecule has 1 atom stereocenters. The van der Waals surface area contributed by atoms with E-state index in [1.807, 2.05) is 37.3 Å². The third-order valence-corrected chi connectivity index (χ3v) is 8.33. The number of carbonyl (C=O) groups is 2. The Labute approximate surface area is 254 Å². The van der Waals surface area contributed by atoms with E-state index in [9.17, 15) is 14.4 Å². The van der Waals surface area contributed by atoms with Gasteiger partial charge in [-0.1, -0.05) is 64.9 Å². The van der Waals surface area contributed by atoms with Crippen LogP contribution in [0.3, 0.4) is 0 Å². The van der Waals surface area contributed by atoms with E-state index in [-0.39, 0.29) is 17.9 Å². The molecule has 8 nitrogen and oxygen atoms in total. The van der Waals surface area contributed by atoms with Crippen molar-refractivity contribution in [2.45, 2.75) is 39.7 Å². The van der Waals surface area contributed by atoms with Crippen LogP contribution in [0.15, 0.2) is 84.5 Å². The van der Waals surface area contributed by atoms with Gasteiger partial charge in [-0.2, -0.15) is 0 Å². The van der Waals surface area contributed by atoms with Gasteiger partial charge >= 0.3 is 5.97 Å². The summed E-state index contributed by atoms with van der Waals surface area (Å²) in [5.74, 6) is 1.10. The minimum absolute atomic E-state index is 0.0101. The molecular formula is C32H29BrN2O6S. The highest BCUT2D eigenvalue weighted by Gasteiger charge is 2.36. The topological polar surface area (TPSA) is 100 Å². The van der Waals surface area contributed by atoms with Crippen LogP contribution in [0, 0.1) is 0 Å². The number of methoxy groups -OCH3 is 1. The van der Waals surface area contributed by atoms with Crippen molar-refractivity contribution in [3.63, 3.8) is 0 Å². The van der Waals surface area contributed by atoms with Crippen molar-refractivity contribution in [3.8, 4) is 17.1 Å². The fraction of sp³-hybridized carbons (Fsp3) is 0.250. The van der Waals surface area contributed by atoms with Crippen molar-refractivity contribution < 1.29 is 23.5 Å². The fourth-order valence-electron chi connectivity index (χ4n) is 4.92. The first kappa shape index (κ1) is 29.5. The van der Waals surface area contributed by atoms with Gasteiger partial charge in [-0.15, -0.1) is 0 Å². The average molecular weight is 650 g/mol. The number of carbonyl (C=O) groups excluding carboxylic acids is 2. The fourth-order valence-corrected chi connectivity index (χ4v) is 6.30. The van der Waals surface area contributed by atoms with E-state index in [1.165, 1.54) is 22.8 Å². The summed E-state index contributed by atoms with van der Waals surface area (Å²) in [7, 11) is 1.55. The molecule has 216 valence electrons. The smallest absolute Gasteiger partial charge is 0.338 e. The van der Waals surface area contributed by atoms with E-state index in [0.717, 1.165) is 16.5 Å². The Morgan fingerprint density at radius 3 is 2.55 bits per heavy atom. The summed E-state index contributed by atoms with van der Waals surface area (Å²) in [6, 6.07) is 15.4. The van der Waals surface area contributed by atoms with Crippen LogP contribution in [0.4, 0.5) is 0 Å². The van der Waals surface area contributed by atoms with Crippen LogP contribution in [0.2, 0.25) is 0 Å². The van der Waals surface area contributed by atoms with Gasteiger partial charge in [0.1, 0.15) is 23.3 Å². The van der Waals surface area contributed by atoms with Gasteiger partial charge < -0.3 is 13.9 Å². The second-order valence-electron chi connectivity index (χ2n) is 9.64. The summed E-state index contributed by atoms with van der Waals surface area (Å²) in [6.45, 7) is 5.47. The monoisotopic (exact) mass is 648 g/mol.